The van der Waals surface area contributed by atoms with Crippen molar-refractivity contribution in [1.82, 2.24) is 9.13 Å². The van der Waals surface area contributed by atoms with Gasteiger partial charge in [0.05, 0.1) is 44.8 Å². The third kappa shape index (κ3) is 5.46. The van der Waals surface area contributed by atoms with Crippen LogP contribution in [0.25, 0.3) is 98.4 Å². The lowest BCUT2D eigenvalue weighted by molar-refractivity contribution is 1.13. The first-order valence-corrected chi connectivity index (χ1v) is 21.7. The molecule has 2 aromatic heterocycles. The molecule has 3 nitrogen and oxygen atoms in total. The fraction of sp³-hybridized carbons (Fsp3) is 0. The number of hydrogen-bond acceptors (Lipinski definition) is 1. The Morgan fingerprint density at radius 1 is 0.286 bits per heavy atom. The van der Waals surface area contributed by atoms with E-state index in [2.05, 4.69) is 251 Å². The molecule has 0 bridgehead atoms. The smallest absolute Gasteiger partial charge is 0.0625 e. The number of hydrogen-bond donors (Lipinski definition) is 0. The number of nitrogens with zero attached hydrogens (tertiary/aromatic N) is 3. The third-order valence-electron chi connectivity index (χ3n) is 13.0. The second kappa shape index (κ2) is 14.1. The summed E-state index contributed by atoms with van der Waals surface area (Å²) in [7, 11) is 0. The Morgan fingerprint density at radius 2 is 0.762 bits per heavy atom. The topological polar surface area (TPSA) is 13.1 Å². The van der Waals surface area contributed by atoms with Gasteiger partial charge in [-0.3, -0.25) is 0 Å². The molecule has 0 unspecified atom stereocenters. The van der Waals surface area contributed by atoms with E-state index in [9.17, 15) is 0 Å². The molecule has 2 heterocycles. The Bertz CT molecular complexity index is 3850. The highest BCUT2D eigenvalue weighted by Gasteiger charge is 2.23. The number of aromatic nitrogens is 2. The van der Waals surface area contributed by atoms with Crippen molar-refractivity contribution in [2.24, 2.45) is 0 Å². The first-order valence-electron chi connectivity index (χ1n) is 21.7. The largest absolute Gasteiger partial charge is 0.310 e. The minimum atomic E-state index is 1.06. The minimum Gasteiger partial charge on any atom is -0.310 e. The fourth-order valence-electron chi connectivity index (χ4n) is 10.3. The van der Waals surface area contributed by atoms with Crippen molar-refractivity contribution >= 4 is 93.0 Å². The molecule has 13 rings (SSSR count). The van der Waals surface area contributed by atoms with E-state index in [0.29, 0.717) is 0 Å². The number of anilines is 3. The second-order valence-electron chi connectivity index (χ2n) is 16.5. The van der Waals surface area contributed by atoms with Crippen LogP contribution in [0.3, 0.4) is 0 Å². The summed E-state index contributed by atoms with van der Waals surface area (Å²) in [6.45, 7) is 0. The summed E-state index contributed by atoms with van der Waals surface area (Å²) < 4.78 is 4.99. The summed E-state index contributed by atoms with van der Waals surface area (Å²) in [5, 5.41) is 12.4. The molecule has 0 N–H and O–H groups in total. The van der Waals surface area contributed by atoms with Gasteiger partial charge in [0, 0.05) is 38.0 Å². The van der Waals surface area contributed by atoms with E-state index in [1.807, 2.05) is 0 Å². The van der Waals surface area contributed by atoms with E-state index in [1.54, 1.807) is 0 Å². The number of para-hydroxylation sites is 3. The molecule has 0 aliphatic carbocycles. The lowest BCUT2D eigenvalue weighted by atomic mass is 9.97. The van der Waals surface area contributed by atoms with Crippen molar-refractivity contribution in [3.8, 4) is 22.5 Å². The van der Waals surface area contributed by atoms with Gasteiger partial charge in [0.2, 0.25) is 0 Å². The number of benzene rings is 11. The Hall–Kier alpha value is -8.40. The first kappa shape index (κ1) is 35.4. The molecule has 0 aliphatic heterocycles. The van der Waals surface area contributed by atoms with Crippen LogP contribution in [0.2, 0.25) is 0 Å². The normalized spacial score (nSPS) is 11.8. The summed E-state index contributed by atoms with van der Waals surface area (Å²) in [6, 6.07) is 86.7. The van der Waals surface area contributed by atoms with E-state index in [0.717, 1.165) is 28.4 Å². The van der Waals surface area contributed by atoms with E-state index < -0.39 is 0 Å². The Kier molecular flexibility index (Phi) is 7.91. The van der Waals surface area contributed by atoms with Gasteiger partial charge in [-0.2, -0.15) is 0 Å². The monoisotopic (exact) mass is 801 g/mol. The van der Waals surface area contributed by atoms with Crippen molar-refractivity contribution in [3.05, 3.63) is 237 Å². The van der Waals surface area contributed by atoms with Gasteiger partial charge in [-0.15, -0.1) is 0 Å². The molecule has 0 atom stereocenters. The van der Waals surface area contributed by atoms with Crippen molar-refractivity contribution in [2.45, 2.75) is 0 Å². The van der Waals surface area contributed by atoms with E-state index in [1.165, 1.54) is 87.1 Å². The molecule has 3 heteroatoms. The van der Waals surface area contributed by atoms with Gasteiger partial charge in [0.1, 0.15) is 0 Å². The molecule has 0 aliphatic rings. The molecular formula is C60H39N3. The van der Waals surface area contributed by atoms with Crippen molar-refractivity contribution in [1.29, 1.82) is 0 Å². The highest BCUT2D eigenvalue weighted by atomic mass is 15.2. The van der Waals surface area contributed by atoms with Crippen LogP contribution in [0.15, 0.2) is 237 Å². The highest BCUT2D eigenvalue weighted by Crippen LogP contribution is 2.46. The van der Waals surface area contributed by atoms with Gasteiger partial charge >= 0.3 is 0 Å². The van der Waals surface area contributed by atoms with Gasteiger partial charge < -0.3 is 14.0 Å². The summed E-state index contributed by atoms with van der Waals surface area (Å²) in [6.07, 6.45) is 0. The van der Waals surface area contributed by atoms with Gasteiger partial charge in [-0.05, 0) is 87.3 Å². The van der Waals surface area contributed by atoms with Crippen LogP contribution in [0.1, 0.15) is 0 Å². The summed E-state index contributed by atoms with van der Waals surface area (Å²) in [5.74, 6) is 0. The lowest BCUT2D eigenvalue weighted by Gasteiger charge is -2.28. The first-order chi connectivity index (χ1) is 31.3. The van der Waals surface area contributed by atoms with Gasteiger partial charge in [-0.25, -0.2) is 0 Å². The average Bonchev–Trinajstić information content (AvgIpc) is 3.89. The molecule has 0 spiro atoms. The summed E-state index contributed by atoms with van der Waals surface area (Å²) in [4.78, 5) is 2.46. The molecule has 0 saturated heterocycles. The standard InChI is InChI=1S/C60H39N3/c1-2-17-40(18-3-1)41-33-35-43(36-34-41)61(55-32-16-20-42-19-4-5-21-47(42)55)44-37-45(62-56-29-13-10-24-50(56)51-25-11-14-30-57(51)62)39-46(38-44)63-58-31-15-12-28-54(58)59-52-26-8-6-22-48(52)49-23-7-9-27-53(49)60(59)63/h1-39H. The molecule has 0 fully saturated rings. The number of fused-ring (bicyclic) bond motifs is 12. The zero-order chi connectivity index (χ0) is 41.4. The van der Waals surface area contributed by atoms with Crippen LogP contribution in [0.4, 0.5) is 17.1 Å². The van der Waals surface area contributed by atoms with Crippen LogP contribution in [0.5, 0.6) is 0 Å². The Balaban J connectivity index is 1.18. The fourth-order valence-corrected chi connectivity index (χ4v) is 10.3. The highest BCUT2D eigenvalue weighted by molar-refractivity contribution is 6.32. The van der Waals surface area contributed by atoms with Gasteiger partial charge in [0.25, 0.3) is 0 Å². The van der Waals surface area contributed by atoms with E-state index in [4.69, 9.17) is 0 Å². The van der Waals surface area contributed by atoms with Crippen molar-refractivity contribution < 1.29 is 0 Å². The van der Waals surface area contributed by atoms with Gasteiger partial charge in [0.15, 0.2) is 0 Å². The van der Waals surface area contributed by atoms with Crippen LogP contribution < -0.4 is 4.90 Å². The van der Waals surface area contributed by atoms with Crippen molar-refractivity contribution in [2.75, 3.05) is 4.90 Å². The lowest BCUT2D eigenvalue weighted by Crippen LogP contribution is -2.12. The van der Waals surface area contributed by atoms with Crippen LogP contribution in [-0.4, -0.2) is 9.13 Å². The van der Waals surface area contributed by atoms with Crippen LogP contribution >= 0.6 is 0 Å². The Labute approximate surface area is 364 Å². The molecule has 13 aromatic rings. The molecular weight excluding hydrogens is 763 g/mol. The predicted molar refractivity (Wildman–Crippen MR) is 268 cm³/mol. The molecule has 11 aromatic carbocycles. The predicted octanol–water partition coefficient (Wildman–Crippen LogP) is 16.5. The quantitative estimate of drug-likeness (QED) is 0.153. The van der Waals surface area contributed by atoms with Crippen LogP contribution in [0, 0.1) is 0 Å². The third-order valence-corrected chi connectivity index (χ3v) is 13.0. The number of rotatable bonds is 6. The molecule has 63 heavy (non-hydrogen) atoms. The second-order valence-corrected chi connectivity index (χ2v) is 16.5. The molecule has 294 valence electrons. The zero-order valence-electron chi connectivity index (χ0n) is 34.4. The molecule has 0 radical (unpaired) electrons. The minimum absolute atomic E-state index is 1.06. The maximum Gasteiger partial charge on any atom is 0.0625 e. The SMILES string of the molecule is c1ccc(-c2ccc(N(c3cc(-n4c5ccccc5c5ccccc54)cc(-n4c5ccccc5c5c6ccccc6c6ccccc6c54)c3)c3cccc4ccccc34)cc2)cc1. The van der Waals surface area contributed by atoms with Crippen molar-refractivity contribution in [3.63, 3.8) is 0 Å². The molecule has 0 amide bonds. The molecule has 0 saturated carbocycles. The summed E-state index contributed by atoms with van der Waals surface area (Å²) >= 11 is 0. The van der Waals surface area contributed by atoms with Crippen LogP contribution in [-0.2, 0) is 0 Å². The summed E-state index contributed by atoms with van der Waals surface area (Å²) in [5.41, 5.74) is 12.5. The van der Waals surface area contributed by atoms with E-state index in [-0.39, 0.29) is 0 Å². The maximum absolute atomic E-state index is 2.53. The zero-order valence-corrected chi connectivity index (χ0v) is 34.4. The van der Waals surface area contributed by atoms with Gasteiger partial charge in [-0.1, -0.05) is 182 Å². The Morgan fingerprint density at radius 3 is 1.44 bits per heavy atom. The maximum atomic E-state index is 2.53. The van der Waals surface area contributed by atoms with E-state index >= 15 is 0 Å². The average molecular weight is 802 g/mol.